The summed E-state index contributed by atoms with van der Waals surface area (Å²) >= 11 is 5.65. The van der Waals surface area contributed by atoms with Crippen molar-refractivity contribution in [2.24, 2.45) is 0 Å². The van der Waals surface area contributed by atoms with Crippen LogP contribution in [0.5, 0.6) is 0 Å². The monoisotopic (exact) mass is 240 g/mol. The molecule has 0 aliphatic heterocycles. The number of carbonyl (C=O) groups excluding carboxylic acids is 1. The van der Waals surface area contributed by atoms with E-state index in [2.05, 4.69) is 4.74 Å². The van der Waals surface area contributed by atoms with E-state index in [0.717, 1.165) is 19.2 Å². The van der Waals surface area contributed by atoms with Crippen LogP contribution >= 0.6 is 11.6 Å². The molecule has 0 saturated heterocycles. The minimum Gasteiger partial charge on any atom is -0.465 e. The summed E-state index contributed by atoms with van der Waals surface area (Å²) < 4.78 is 4.40. The largest absolute Gasteiger partial charge is 0.465 e. The maximum atomic E-state index is 11.2. The highest BCUT2D eigenvalue weighted by atomic mass is 35.5. The molecule has 0 amide bonds. The number of ether oxygens (including phenoxy) is 1. The van der Waals surface area contributed by atoms with Crippen LogP contribution < -0.4 is 0 Å². The second-order valence-corrected chi connectivity index (χ2v) is 3.10. The fourth-order valence-corrected chi connectivity index (χ4v) is 1.32. The number of methoxy groups -OCH3 is 1. The molecule has 0 aliphatic carbocycles. The Balaban J connectivity index is 3.50. The van der Waals surface area contributed by atoms with Crippen molar-refractivity contribution < 1.29 is 14.5 Å². The van der Waals surface area contributed by atoms with Crippen molar-refractivity contribution >= 4 is 23.3 Å². The molecule has 0 fully saturated rings. The normalized spacial score (nSPS) is 9.31. The van der Waals surface area contributed by atoms with Gasteiger partial charge in [-0.05, 0) is 6.07 Å². The quantitative estimate of drug-likeness (QED) is 0.447. The van der Waals surface area contributed by atoms with Gasteiger partial charge in [-0.25, -0.2) is 4.79 Å². The minimum absolute atomic E-state index is 0.0310. The predicted octanol–water partition coefficient (Wildman–Crippen LogP) is 1.91. The van der Waals surface area contributed by atoms with Gasteiger partial charge in [-0.1, -0.05) is 11.6 Å². The lowest BCUT2D eigenvalue weighted by Gasteiger charge is -2.03. The standard InChI is InChI=1S/C9H5ClN2O4/c1-16-9(13)6-2-5(4-11)3-7(8(6)10)12(14)15/h2-3H,1H3. The van der Waals surface area contributed by atoms with Gasteiger partial charge in [0.1, 0.15) is 5.02 Å². The number of nitriles is 1. The molecule has 0 aromatic heterocycles. The predicted molar refractivity (Wildman–Crippen MR) is 54.2 cm³/mol. The summed E-state index contributed by atoms with van der Waals surface area (Å²) in [6.45, 7) is 0. The first-order valence-electron chi connectivity index (χ1n) is 3.97. The fourth-order valence-electron chi connectivity index (χ4n) is 1.07. The van der Waals surface area contributed by atoms with Crippen LogP contribution in [0.2, 0.25) is 5.02 Å². The van der Waals surface area contributed by atoms with Crippen LogP contribution in [0.15, 0.2) is 12.1 Å². The highest BCUT2D eigenvalue weighted by molar-refractivity contribution is 6.35. The summed E-state index contributed by atoms with van der Waals surface area (Å²) in [7, 11) is 1.11. The van der Waals surface area contributed by atoms with Crippen LogP contribution in [-0.4, -0.2) is 18.0 Å². The highest BCUT2D eigenvalue weighted by Gasteiger charge is 2.22. The zero-order valence-electron chi connectivity index (χ0n) is 8.06. The Labute approximate surface area is 95.2 Å². The molecule has 0 aliphatic rings. The van der Waals surface area contributed by atoms with E-state index in [1.54, 1.807) is 6.07 Å². The van der Waals surface area contributed by atoms with Crippen molar-refractivity contribution in [3.63, 3.8) is 0 Å². The molecular weight excluding hydrogens is 236 g/mol. The average Bonchev–Trinajstić information content (AvgIpc) is 2.28. The van der Waals surface area contributed by atoms with E-state index in [1.165, 1.54) is 0 Å². The Morgan fingerprint density at radius 3 is 2.69 bits per heavy atom. The second kappa shape index (κ2) is 4.59. The minimum atomic E-state index is -0.829. The van der Waals surface area contributed by atoms with E-state index >= 15 is 0 Å². The van der Waals surface area contributed by atoms with Crippen molar-refractivity contribution in [3.8, 4) is 6.07 Å². The van der Waals surface area contributed by atoms with Gasteiger partial charge in [0.2, 0.25) is 0 Å². The molecule has 82 valence electrons. The topological polar surface area (TPSA) is 93.2 Å². The van der Waals surface area contributed by atoms with Gasteiger partial charge >= 0.3 is 5.97 Å². The van der Waals surface area contributed by atoms with Gasteiger partial charge in [-0.3, -0.25) is 10.1 Å². The number of halogens is 1. The SMILES string of the molecule is COC(=O)c1cc(C#N)cc([N+](=O)[O-])c1Cl. The van der Waals surface area contributed by atoms with Gasteiger partial charge in [0.15, 0.2) is 0 Å². The Kier molecular flexibility index (Phi) is 3.43. The molecule has 6 nitrogen and oxygen atoms in total. The molecule has 1 aromatic carbocycles. The highest BCUT2D eigenvalue weighted by Crippen LogP contribution is 2.29. The molecule has 0 heterocycles. The number of rotatable bonds is 2. The molecule has 0 atom stereocenters. The van der Waals surface area contributed by atoms with Crippen molar-refractivity contribution in [1.82, 2.24) is 0 Å². The number of hydrogen-bond donors (Lipinski definition) is 0. The first-order chi connectivity index (χ1) is 7.51. The van der Waals surface area contributed by atoms with E-state index in [0.29, 0.717) is 0 Å². The van der Waals surface area contributed by atoms with Gasteiger partial charge < -0.3 is 4.74 Å². The molecule has 0 unspecified atom stereocenters. The van der Waals surface area contributed by atoms with Crippen LogP contribution in [0.25, 0.3) is 0 Å². The Bertz CT molecular complexity index is 507. The van der Waals surface area contributed by atoms with Crippen LogP contribution in [0.1, 0.15) is 15.9 Å². The van der Waals surface area contributed by atoms with Crippen molar-refractivity contribution in [2.45, 2.75) is 0 Å². The van der Waals surface area contributed by atoms with Crippen molar-refractivity contribution in [1.29, 1.82) is 5.26 Å². The third kappa shape index (κ3) is 2.10. The summed E-state index contributed by atoms with van der Waals surface area (Å²) in [6.07, 6.45) is 0. The maximum absolute atomic E-state index is 11.2. The van der Waals surface area contributed by atoms with E-state index < -0.39 is 16.6 Å². The Morgan fingerprint density at radius 2 is 2.25 bits per heavy atom. The van der Waals surface area contributed by atoms with E-state index in [-0.39, 0.29) is 16.1 Å². The number of nitrogens with zero attached hydrogens (tertiary/aromatic N) is 2. The van der Waals surface area contributed by atoms with E-state index in [1.807, 2.05) is 0 Å². The van der Waals surface area contributed by atoms with Crippen LogP contribution in [-0.2, 0) is 4.74 Å². The van der Waals surface area contributed by atoms with Crippen molar-refractivity contribution in [3.05, 3.63) is 38.4 Å². The molecular formula is C9H5ClN2O4. The molecule has 0 saturated carbocycles. The van der Waals surface area contributed by atoms with Crippen LogP contribution in [0.3, 0.4) is 0 Å². The average molecular weight is 241 g/mol. The first-order valence-corrected chi connectivity index (χ1v) is 4.35. The molecule has 0 N–H and O–H groups in total. The Morgan fingerprint density at radius 1 is 1.62 bits per heavy atom. The van der Waals surface area contributed by atoms with E-state index in [4.69, 9.17) is 16.9 Å². The van der Waals surface area contributed by atoms with Crippen molar-refractivity contribution in [2.75, 3.05) is 7.11 Å². The summed E-state index contributed by atoms with van der Waals surface area (Å²) in [4.78, 5) is 21.1. The molecule has 0 bridgehead atoms. The van der Waals surface area contributed by atoms with Gasteiger partial charge in [-0.15, -0.1) is 0 Å². The smallest absolute Gasteiger partial charge is 0.339 e. The maximum Gasteiger partial charge on any atom is 0.339 e. The zero-order chi connectivity index (χ0) is 12.3. The molecule has 16 heavy (non-hydrogen) atoms. The van der Waals surface area contributed by atoms with Gasteiger partial charge in [0.25, 0.3) is 5.69 Å². The summed E-state index contributed by atoms with van der Waals surface area (Å²) in [5.41, 5.74) is -0.729. The lowest BCUT2D eigenvalue weighted by atomic mass is 10.1. The summed E-state index contributed by atoms with van der Waals surface area (Å²) in [5, 5.41) is 18.9. The third-order valence-corrected chi connectivity index (χ3v) is 2.18. The number of benzene rings is 1. The number of nitro benzene ring substituents is 1. The van der Waals surface area contributed by atoms with Crippen LogP contribution in [0, 0.1) is 21.4 Å². The Hall–Kier alpha value is -2.13. The molecule has 0 spiro atoms. The molecule has 1 aromatic rings. The number of nitro groups is 1. The molecule has 1 rings (SSSR count). The first kappa shape index (κ1) is 11.9. The third-order valence-electron chi connectivity index (χ3n) is 1.78. The van der Waals surface area contributed by atoms with E-state index in [9.17, 15) is 14.9 Å². The molecule has 0 radical (unpaired) electrons. The molecule has 7 heteroatoms. The second-order valence-electron chi connectivity index (χ2n) is 2.72. The van der Waals surface area contributed by atoms with Gasteiger partial charge in [0, 0.05) is 6.07 Å². The lowest BCUT2D eigenvalue weighted by molar-refractivity contribution is -0.384. The van der Waals surface area contributed by atoms with Gasteiger partial charge in [0.05, 0.1) is 29.2 Å². The van der Waals surface area contributed by atoms with Crippen LogP contribution in [0.4, 0.5) is 5.69 Å². The summed E-state index contributed by atoms with van der Waals surface area (Å²) in [5.74, 6) is -0.829. The number of hydrogen-bond acceptors (Lipinski definition) is 5. The fraction of sp³-hybridized carbons (Fsp3) is 0.111. The zero-order valence-corrected chi connectivity index (χ0v) is 8.82. The summed E-state index contributed by atoms with van der Waals surface area (Å²) in [6, 6.07) is 3.83. The lowest BCUT2D eigenvalue weighted by Crippen LogP contribution is -2.04. The number of carbonyl (C=O) groups is 1. The van der Waals surface area contributed by atoms with Gasteiger partial charge in [-0.2, -0.15) is 5.26 Å². The number of esters is 1.